The Morgan fingerprint density at radius 3 is 2.74 bits per heavy atom. The first kappa shape index (κ1) is 16.3. The summed E-state index contributed by atoms with van der Waals surface area (Å²) >= 11 is 0. The molecule has 1 saturated heterocycles. The molecule has 0 bridgehead atoms. The van der Waals surface area contributed by atoms with Crippen molar-refractivity contribution in [2.24, 2.45) is 11.7 Å². The quantitative estimate of drug-likeness (QED) is 0.918. The number of amides is 1. The second-order valence-electron chi connectivity index (χ2n) is 6.70. The van der Waals surface area contributed by atoms with Crippen LogP contribution in [0.4, 0.5) is 0 Å². The molecule has 2 aliphatic rings. The molecule has 0 spiro atoms. The number of hydrogen-bond acceptors (Lipinski definition) is 2. The molecule has 2 aromatic rings. The van der Waals surface area contributed by atoms with E-state index in [0.29, 0.717) is 11.8 Å². The van der Waals surface area contributed by atoms with Crippen LogP contribution in [-0.4, -0.2) is 29.9 Å². The number of halogens is 1. The molecule has 1 saturated carbocycles. The van der Waals surface area contributed by atoms with E-state index in [-0.39, 0.29) is 24.4 Å². The minimum Gasteiger partial charge on any atom is -0.341 e. The topological polar surface area (TPSA) is 46.3 Å². The van der Waals surface area contributed by atoms with Gasteiger partial charge in [0.1, 0.15) is 0 Å². The Morgan fingerprint density at radius 2 is 1.91 bits per heavy atom. The van der Waals surface area contributed by atoms with Crippen molar-refractivity contribution >= 4 is 29.1 Å². The number of fused-ring (bicyclic) bond motifs is 1. The highest BCUT2D eigenvalue weighted by atomic mass is 35.5. The summed E-state index contributed by atoms with van der Waals surface area (Å²) in [7, 11) is 0. The van der Waals surface area contributed by atoms with Crippen molar-refractivity contribution in [3.8, 4) is 0 Å². The summed E-state index contributed by atoms with van der Waals surface area (Å²) in [5.41, 5.74) is 7.34. The third-order valence-electron chi connectivity index (χ3n) is 5.10. The molecule has 3 nitrogen and oxygen atoms in total. The predicted octanol–water partition coefficient (Wildman–Crippen LogP) is 3.31. The predicted molar refractivity (Wildman–Crippen MR) is 95.8 cm³/mol. The van der Waals surface area contributed by atoms with Gasteiger partial charge in [-0.15, -0.1) is 12.4 Å². The van der Waals surface area contributed by atoms with Gasteiger partial charge in [0.15, 0.2) is 0 Å². The van der Waals surface area contributed by atoms with E-state index < -0.39 is 0 Å². The lowest BCUT2D eigenvalue weighted by molar-refractivity contribution is -0.133. The molecule has 2 fully saturated rings. The lowest BCUT2D eigenvalue weighted by Crippen LogP contribution is -2.46. The molecule has 122 valence electrons. The molecule has 1 aliphatic heterocycles. The Balaban J connectivity index is 0.00000156. The van der Waals surface area contributed by atoms with E-state index >= 15 is 0 Å². The Morgan fingerprint density at radius 1 is 1.13 bits per heavy atom. The molecule has 1 amide bonds. The minimum absolute atomic E-state index is 0. The zero-order valence-corrected chi connectivity index (χ0v) is 14.0. The van der Waals surface area contributed by atoms with Gasteiger partial charge in [0.05, 0.1) is 0 Å². The molecular formula is C19H23ClN2O. The molecule has 0 radical (unpaired) electrons. The van der Waals surface area contributed by atoms with Crippen molar-refractivity contribution < 1.29 is 4.79 Å². The molecule has 3 unspecified atom stereocenters. The van der Waals surface area contributed by atoms with Crippen LogP contribution in [0.5, 0.6) is 0 Å². The maximum absolute atomic E-state index is 12.7. The van der Waals surface area contributed by atoms with Gasteiger partial charge in [-0.25, -0.2) is 0 Å². The molecule has 4 heteroatoms. The largest absolute Gasteiger partial charge is 0.341 e. The highest BCUT2D eigenvalue weighted by Crippen LogP contribution is 2.50. The van der Waals surface area contributed by atoms with Gasteiger partial charge < -0.3 is 10.6 Å². The molecule has 1 aliphatic carbocycles. The van der Waals surface area contributed by atoms with Crippen LogP contribution >= 0.6 is 12.4 Å². The number of nitrogens with two attached hydrogens (primary N) is 1. The fraction of sp³-hybridized carbons (Fsp3) is 0.421. The van der Waals surface area contributed by atoms with Crippen LogP contribution in [0.15, 0.2) is 42.5 Å². The second-order valence-corrected chi connectivity index (χ2v) is 6.70. The molecule has 23 heavy (non-hydrogen) atoms. The zero-order valence-electron chi connectivity index (χ0n) is 13.2. The summed E-state index contributed by atoms with van der Waals surface area (Å²) in [6.07, 6.45) is 3.07. The van der Waals surface area contributed by atoms with Gasteiger partial charge in [0.25, 0.3) is 0 Å². The molecule has 0 aromatic heterocycles. The first-order chi connectivity index (χ1) is 10.7. The van der Waals surface area contributed by atoms with Crippen LogP contribution in [0, 0.1) is 5.92 Å². The number of rotatable bonds is 2. The van der Waals surface area contributed by atoms with Gasteiger partial charge in [0, 0.05) is 25.0 Å². The number of piperidine rings is 1. The molecule has 1 heterocycles. The number of nitrogens with zero attached hydrogens (tertiary/aromatic N) is 1. The van der Waals surface area contributed by atoms with E-state index in [1.165, 1.54) is 16.3 Å². The lowest BCUT2D eigenvalue weighted by Gasteiger charge is -2.31. The Hall–Kier alpha value is -1.58. The van der Waals surface area contributed by atoms with Crippen LogP contribution in [0.25, 0.3) is 10.8 Å². The van der Waals surface area contributed by atoms with Gasteiger partial charge >= 0.3 is 0 Å². The highest BCUT2D eigenvalue weighted by molar-refractivity contribution is 5.89. The zero-order chi connectivity index (χ0) is 15.1. The smallest absolute Gasteiger partial charge is 0.226 e. The van der Waals surface area contributed by atoms with Gasteiger partial charge in [-0.05, 0) is 41.5 Å². The van der Waals surface area contributed by atoms with E-state index in [1.54, 1.807) is 0 Å². The highest BCUT2D eigenvalue weighted by Gasteiger charge is 2.46. The number of carbonyl (C=O) groups excluding carboxylic acids is 1. The van der Waals surface area contributed by atoms with Gasteiger partial charge in [-0.1, -0.05) is 42.5 Å². The van der Waals surface area contributed by atoms with Crippen molar-refractivity contribution in [3.05, 3.63) is 48.0 Å². The van der Waals surface area contributed by atoms with Crippen molar-refractivity contribution in [1.29, 1.82) is 0 Å². The Kier molecular flexibility index (Phi) is 4.60. The van der Waals surface area contributed by atoms with Crippen LogP contribution in [0.1, 0.15) is 30.7 Å². The summed E-state index contributed by atoms with van der Waals surface area (Å²) in [5.74, 6) is 0.862. The summed E-state index contributed by atoms with van der Waals surface area (Å²) in [6.45, 7) is 1.61. The number of hydrogen-bond donors (Lipinski definition) is 1. The van der Waals surface area contributed by atoms with E-state index in [0.717, 1.165) is 32.4 Å². The lowest BCUT2D eigenvalue weighted by atomic mass is 9.99. The van der Waals surface area contributed by atoms with Crippen LogP contribution in [-0.2, 0) is 4.79 Å². The number of benzene rings is 2. The molecule has 4 rings (SSSR count). The summed E-state index contributed by atoms with van der Waals surface area (Å²) in [5, 5.41) is 2.55. The van der Waals surface area contributed by atoms with Gasteiger partial charge in [-0.2, -0.15) is 0 Å². The maximum atomic E-state index is 12.7. The average molecular weight is 331 g/mol. The summed E-state index contributed by atoms with van der Waals surface area (Å²) < 4.78 is 0. The molecule has 2 N–H and O–H groups in total. The van der Waals surface area contributed by atoms with Crippen molar-refractivity contribution in [2.45, 2.75) is 31.2 Å². The normalized spacial score (nSPS) is 26.7. The molecule has 2 aromatic carbocycles. The second kappa shape index (κ2) is 6.50. The Labute approximate surface area is 143 Å². The van der Waals surface area contributed by atoms with Crippen LogP contribution < -0.4 is 5.73 Å². The maximum Gasteiger partial charge on any atom is 0.226 e. The minimum atomic E-state index is 0. The average Bonchev–Trinajstić information content (AvgIpc) is 3.34. The van der Waals surface area contributed by atoms with Crippen LogP contribution in [0.3, 0.4) is 0 Å². The van der Waals surface area contributed by atoms with Gasteiger partial charge in [-0.3, -0.25) is 4.79 Å². The van der Waals surface area contributed by atoms with E-state index in [2.05, 4.69) is 42.5 Å². The SMILES string of the molecule is Cl.NC1CCCN(C(=O)C2CC2c2cccc3ccccc23)C1. The fourth-order valence-electron chi connectivity index (χ4n) is 3.83. The van der Waals surface area contributed by atoms with Crippen molar-refractivity contribution in [1.82, 2.24) is 4.90 Å². The number of carbonyl (C=O) groups is 1. The first-order valence-corrected chi connectivity index (χ1v) is 8.26. The van der Waals surface area contributed by atoms with E-state index in [1.807, 2.05) is 4.90 Å². The summed E-state index contributed by atoms with van der Waals surface area (Å²) in [6, 6.07) is 15.0. The molecule has 3 atom stereocenters. The van der Waals surface area contributed by atoms with Crippen LogP contribution in [0.2, 0.25) is 0 Å². The third kappa shape index (κ3) is 3.08. The van der Waals surface area contributed by atoms with Crippen molar-refractivity contribution in [3.63, 3.8) is 0 Å². The standard InChI is InChI=1S/C19H22N2O.ClH/c20-14-7-4-10-21(12-14)19(22)18-11-17(18)16-9-3-6-13-5-1-2-8-15(13)16;/h1-3,5-6,8-9,14,17-18H,4,7,10-12,20H2;1H. The number of likely N-dealkylation sites (tertiary alicyclic amines) is 1. The van der Waals surface area contributed by atoms with Crippen molar-refractivity contribution in [2.75, 3.05) is 13.1 Å². The monoisotopic (exact) mass is 330 g/mol. The van der Waals surface area contributed by atoms with E-state index in [4.69, 9.17) is 5.73 Å². The van der Waals surface area contributed by atoms with E-state index in [9.17, 15) is 4.79 Å². The van der Waals surface area contributed by atoms with Gasteiger partial charge in [0.2, 0.25) is 5.91 Å². The molecular weight excluding hydrogens is 308 g/mol. The Bertz CT molecular complexity index is 712. The first-order valence-electron chi connectivity index (χ1n) is 8.26. The third-order valence-corrected chi connectivity index (χ3v) is 5.10. The summed E-state index contributed by atoms with van der Waals surface area (Å²) in [4.78, 5) is 14.7. The fourth-order valence-corrected chi connectivity index (χ4v) is 3.83.